The van der Waals surface area contributed by atoms with Crippen molar-refractivity contribution >= 4 is 23.9 Å². The van der Waals surface area contributed by atoms with E-state index in [1.165, 1.54) is 33.6 Å². The number of esters is 4. The maximum atomic E-state index is 12.1. The number of ether oxygens (including phenoxy) is 4. The number of carbonyl (C=O) groups is 4. The van der Waals surface area contributed by atoms with Crippen LogP contribution in [0.2, 0.25) is 0 Å². The lowest BCUT2D eigenvalue weighted by Crippen LogP contribution is -2.47. The van der Waals surface area contributed by atoms with Crippen molar-refractivity contribution in [3.8, 4) is 0 Å². The van der Waals surface area contributed by atoms with Crippen LogP contribution in [-0.2, 0) is 38.1 Å². The van der Waals surface area contributed by atoms with Crippen LogP contribution >= 0.6 is 0 Å². The van der Waals surface area contributed by atoms with E-state index in [4.69, 9.17) is 14.2 Å². The van der Waals surface area contributed by atoms with Crippen molar-refractivity contribution in [1.82, 2.24) is 0 Å². The van der Waals surface area contributed by atoms with Crippen LogP contribution in [0, 0.1) is 27.6 Å². The number of rotatable bonds is 9. The van der Waals surface area contributed by atoms with E-state index in [-0.39, 0.29) is 29.9 Å². The smallest absolute Gasteiger partial charge is 0.434 e. The molecule has 8 nitrogen and oxygen atoms in total. The average molecular weight is 721 g/mol. The Bertz CT molecular complexity index is 1070. The minimum Gasteiger partial charge on any atom is -0.463 e. The summed E-state index contributed by atoms with van der Waals surface area (Å²) in [7, 11) is 0. The van der Waals surface area contributed by atoms with Gasteiger partial charge in [-0.25, -0.2) is 4.79 Å². The molecule has 0 N–H and O–H groups in total. The van der Waals surface area contributed by atoms with Gasteiger partial charge in [-0.1, -0.05) is 41.5 Å². The molecule has 1 unspecified atom stereocenters. The van der Waals surface area contributed by atoms with E-state index in [1.54, 1.807) is 13.8 Å². The van der Waals surface area contributed by atoms with Crippen molar-refractivity contribution < 1.29 is 64.5 Å². The average Bonchev–Trinajstić information content (AvgIpc) is 3.38. The first-order valence-electron chi connectivity index (χ1n) is 16.9. The van der Waals surface area contributed by atoms with Gasteiger partial charge in [0.05, 0.1) is 22.9 Å². The summed E-state index contributed by atoms with van der Waals surface area (Å²) in [4.78, 5) is 45.8. The van der Waals surface area contributed by atoms with Crippen molar-refractivity contribution in [2.24, 2.45) is 27.6 Å². The summed E-state index contributed by atoms with van der Waals surface area (Å²) in [6.07, 6.45) is -9.43. The second kappa shape index (κ2) is 18.1. The number of hydrogen-bond acceptors (Lipinski definition) is 8. The normalized spacial score (nSPS) is 20.6. The van der Waals surface area contributed by atoms with Crippen LogP contribution < -0.4 is 0 Å². The van der Waals surface area contributed by atoms with Crippen LogP contribution in [0.3, 0.4) is 0 Å². The fraction of sp³-hybridized carbons (Fsp3) is 0.886. The maximum absolute atomic E-state index is 12.1. The Morgan fingerprint density at radius 2 is 1.04 bits per heavy atom. The van der Waals surface area contributed by atoms with Crippen LogP contribution in [0.15, 0.2) is 0 Å². The number of cyclic esters (lactones) is 1. The molecule has 0 aromatic carbocycles. The predicted molar refractivity (Wildman–Crippen MR) is 171 cm³/mol. The molecular formula is C35H58F6O8. The Labute approximate surface area is 287 Å². The Morgan fingerprint density at radius 1 is 0.653 bits per heavy atom. The number of alkyl halides is 6. The summed E-state index contributed by atoms with van der Waals surface area (Å²) in [5.41, 5.74) is -1.86. The largest absolute Gasteiger partial charge is 0.463 e. The van der Waals surface area contributed by atoms with Gasteiger partial charge in [-0.05, 0) is 97.8 Å². The Kier molecular flexibility index (Phi) is 17.2. The number of carbonyl (C=O) groups excluding carboxylic acids is 4. The lowest BCUT2D eigenvalue weighted by Gasteiger charge is -2.37. The molecule has 1 saturated carbocycles. The number of halogens is 6. The fourth-order valence-corrected chi connectivity index (χ4v) is 4.25. The summed E-state index contributed by atoms with van der Waals surface area (Å²) in [5.74, 6) is -1.54. The van der Waals surface area contributed by atoms with E-state index in [0.29, 0.717) is 24.9 Å². The monoisotopic (exact) mass is 720 g/mol. The topological polar surface area (TPSA) is 105 Å². The van der Waals surface area contributed by atoms with E-state index in [9.17, 15) is 45.5 Å². The molecular weight excluding hydrogens is 662 g/mol. The molecule has 1 heterocycles. The molecule has 49 heavy (non-hydrogen) atoms. The zero-order valence-corrected chi connectivity index (χ0v) is 31.2. The van der Waals surface area contributed by atoms with Crippen LogP contribution in [-0.4, -0.2) is 61.1 Å². The summed E-state index contributed by atoms with van der Waals surface area (Å²) in [5, 5.41) is 0. The molecule has 2 rings (SSSR count). The Morgan fingerprint density at radius 3 is 1.37 bits per heavy atom. The molecule has 1 aliphatic heterocycles. The molecule has 14 heteroatoms. The first-order valence-corrected chi connectivity index (χ1v) is 16.9. The van der Waals surface area contributed by atoms with Crippen LogP contribution in [0.5, 0.6) is 0 Å². The Balaban J connectivity index is 0.000000711. The van der Waals surface area contributed by atoms with Crippen molar-refractivity contribution in [1.29, 1.82) is 0 Å². The van der Waals surface area contributed by atoms with Gasteiger partial charge < -0.3 is 18.9 Å². The maximum Gasteiger partial charge on any atom is 0.434 e. The van der Waals surface area contributed by atoms with Gasteiger partial charge in [0.1, 0.15) is 6.10 Å². The van der Waals surface area contributed by atoms with Gasteiger partial charge in [0, 0.05) is 6.42 Å². The summed E-state index contributed by atoms with van der Waals surface area (Å²) >= 11 is 0. The Hall–Kier alpha value is -2.54. The minimum atomic E-state index is -5.67. The lowest BCUT2D eigenvalue weighted by atomic mass is 9.72. The molecule has 1 atom stereocenters. The third-order valence-corrected chi connectivity index (χ3v) is 9.44. The second-order valence-corrected chi connectivity index (χ2v) is 15.7. The second-order valence-electron chi connectivity index (χ2n) is 15.7. The van der Waals surface area contributed by atoms with Gasteiger partial charge >= 0.3 is 36.2 Å². The number of hydrogen-bond donors (Lipinski definition) is 0. The lowest BCUT2D eigenvalue weighted by molar-refractivity contribution is -0.315. The highest BCUT2D eigenvalue weighted by Crippen LogP contribution is 2.40. The van der Waals surface area contributed by atoms with Gasteiger partial charge in [-0.3, -0.25) is 14.4 Å². The van der Waals surface area contributed by atoms with Crippen LogP contribution in [0.4, 0.5) is 26.3 Å². The minimum absolute atomic E-state index is 0.0239. The summed E-state index contributed by atoms with van der Waals surface area (Å²) in [6.45, 7) is 22.6. The third-order valence-electron chi connectivity index (χ3n) is 9.44. The van der Waals surface area contributed by atoms with Crippen molar-refractivity contribution in [2.45, 2.75) is 165 Å². The van der Waals surface area contributed by atoms with E-state index >= 15 is 0 Å². The molecule has 2 aliphatic rings. The van der Waals surface area contributed by atoms with Crippen molar-refractivity contribution in [3.63, 3.8) is 0 Å². The zero-order chi connectivity index (χ0) is 38.8. The van der Waals surface area contributed by atoms with Gasteiger partial charge in [0.25, 0.3) is 6.10 Å². The van der Waals surface area contributed by atoms with Crippen molar-refractivity contribution in [3.05, 3.63) is 0 Å². The van der Waals surface area contributed by atoms with Gasteiger partial charge in [-0.15, -0.1) is 0 Å². The van der Waals surface area contributed by atoms with Gasteiger partial charge in [0.15, 0.2) is 0 Å². The molecule has 1 aliphatic carbocycles. The van der Waals surface area contributed by atoms with E-state index in [1.807, 2.05) is 27.7 Å². The highest BCUT2D eigenvalue weighted by molar-refractivity contribution is 5.82. The van der Waals surface area contributed by atoms with E-state index in [0.717, 1.165) is 25.2 Å². The van der Waals surface area contributed by atoms with E-state index in [2.05, 4.69) is 25.5 Å². The highest BCUT2D eigenvalue weighted by atomic mass is 19.4. The van der Waals surface area contributed by atoms with Crippen LogP contribution in [0.25, 0.3) is 0 Å². The highest BCUT2D eigenvalue weighted by Gasteiger charge is 2.60. The van der Waals surface area contributed by atoms with Gasteiger partial charge in [0.2, 0.25) is 6.10 Å². The first kappa shape index (κ1) is 46.5. The van der Waals surface area contributed by atoms with E-state index < -0.39 is 47.3 Å². The molecule has 0 spiro atoms. The summed E-state index contributed by atoms with van der Waals surface area (Å²) in [6, 6.07) is 0. The molecule has 0 radical (unpaired) electrons. The van der Waals surface area contributed by atoms with Crippen molar-refractivity contribution in [2.75, 3.05) is 6.61 Å². The van der Waals surface area contributed by atoms with Crippen LogP contribution in [0.1, 0.15) is 134 Å². The summed E-state index contributed by atoms with van der Waals surface area (Å²) < 4.78 is 91.4. The predicted octanol–water partition coefficient (Wildman–Crippen LogP) is 9.31. The molecule has 0 aromatic rings. The zero-order valence-electron chi connectivity index (χ0n) is 31.2. The van der Waals surface area contributed by atoms with Gasteiger partial charge in [-0.2, -0.15) is 26.3 Å². The SMILES string of the molecule is CCC(C)(C)C(=O)OC(C(F)(F)F)C(F)(F)F.CCC(C)(C)C(=O)OC1CCC(C(C)(C)C)CC1.CCC(C)(C)C(=O)OC1CCOC1=O. The standard InChI is InChI=1S/C16H30O2.C10H16O4.C9H12F6O2/c1-7-16(5,6)14(17)18-13-10-8-12(9-11-13)15(2,3)4;1-4-10(2,3)9(12)14-7-5-6-13-8(7)11;1-4-7(2,3)6(16)17-5(8(10,11)12)9(13,14)15/h12-13H,7-11H2,1-6H3;7H,4-6H2,1-3H3;5H,4H2,1-3H3. The third kappa shape index (κ3) is 15.5. The molecule has 0 bridgehead atoms. The fourth-order valence-electron chi connectivity index (χ4n) is 4.25. The molecule has 0 amide bonds. The quantitative estimate of drug-likeness (QED) is 0.132. The first-order chi connectivity index (χ1) is 22.0. The molecule has 0 aromatic heterocycles. The molecule has 2 fully saturated rings. The molecule has 288 valence electrons. The molecule has 1 saturated heterocycles.